The molecule has 4 rings (SSSR count). The first-order valence-electron chi connectivity index (χ1n) is 9.67. The standard InChI is InChI=1S/C19H24N8O2/c1-26(19(28)29)14-15(20)23-17(24-16(14)21)13-12-8-5-9-22-18(12)27(25-13)10-11-6-3-2-4-7-11/h5,8-9,11H,2-4,6-7,10H2,1H3,(H,28,29)(H4,20,21,23,24). The van der Waals surface area contributed by atoms with E-state index < -0.39 is 6.09 Å². The lowest BCUT2D eigenvalue weighted by Gasteiger charge is -2.21. The first kappa shape index (κ1) is 18.9. The molecule has 152 valence electrons. The van der Waals surface area contributed by atoms with E-state index in [2.05, 4.69) is 15.0 Å². The number of hydrogen-bond acceptors (Lipinski definition) is 7. The van der Waals surface area contributed by atoms with Gasteiger partial charge >= 0.3 is 6.09 Å². The zero-order chi connectivity index (χ0) is 20.5. The first-order valence-corrected chi connectivity index (χ1v) is 9.67. The van der Waals surface area contributed by atoms with Crippen molar-refractivity contribution in [2.75, 3.05) is 23.4 Å². The minimum absolute atomic E-state index is 0.0173. The van der Waals surface area contributed by atoms with Gasteiger partial charge in [-0.2, -0.15) is 5.10 Å². The van der Waals surface area contributed by atoms with E-state index in [0.29, 0.717) is 11.6 Å². The molecule has 3 aromatic heterocycles. The molecule has 0 unspecified atom stereocenters. The Kier molecular flexibility index (Phi) is 4.91. The van der Waals surface area contributed by atoms with Crippen LogP contribution in [0.4, 0.5) is 22.1 Å². The van der Waals surface area contributed by atoms with Gasteiger partial charge in [-0.25, -0.2) is 24.4 Å². The van der Waals surface area contributed by atoms with Crippen LogP contribution in [0.1, 0.15) is 32.1 Å². The number of fused-ring (bicyclic) bond motifs is 1. The van der Waals surface area contributed by atoms with Gasteiger partial charge in [0.05, 0.1) is 5.39 Å². The van der Waals surface area contributed by atoms with E-state index in [-0.39, 0.29) is 23.1 Å². The van der Waals surface area contributed by atoms with Crippen molar-refractivity contribution < 1.29 is 9.90 Å². The highest BCUT2D eigenvalue weighted by Gasteiger charge is 2.23. The lowest BCUT2D eigenvalue weighted by molar-refractivity contribution is 0.203. The molecule has 1 aliphatic carbocycles. The Balaban J connectivity index is 1.77. The molecule has 0 radical (unpaired) electrons. The molecular weight excluding hydrogens is 372 g/mol. The first-order chi connectivity index (χ1) is 14.0. The van der Waals surface area contributed by atoms with E-state index in [0.717, 1.165) is 22.5 Å². The lowest BCUT2D eigenvalue weighted by atomic mass is 9.89. The summed E-state index contributed by atoms with van der Waals surface area (Å²) in [5.41, 5.74) is 13.4. The zero-order valence-electron chi connectivity index (χ0n) is 16.2. The summed E-state index contributed by atoms with van der Waals surface area (Å²) in [4.78, 5) is 25.3. The Hall–Kier alpha value is -3.43. The van der Waals surface area contributed by atoms with E-state index in [1.54, 1.807) is 6.20 Å². The Morgan fingerprint density at radius 1 is 1.24 bits per heavy atom. The molecule has 10 heteroatoms. The van der Waals surface area contributed by atoms with E-state index in [1.807, 2.05) is 16.8 Å². The van der Waals surface area contributed by atoms with Gasteiger partial charge < -0.3 is 16.6 Å². The van der Waals surface area contributed by atoms with Gasteiger partial charge in [0.1, 0.15) is 11.4 Å². The second-order valence-corrected chi connectivity index (χ2v) is 7.42. The molecule has 0 spiro atoms. The fraction of sp³-hybridized carbons (Fsp3) is 0.421. The zero-order valence-corrected chi connectivity index (χ0v) is 16.2. The summed E-state index contributed by atoms with van der Waals surface area (Å²) in [6, 6.07) is 3.74. The van der Waals surface area contributed by atoms with Gasteiger partial charge in [0.25, 0.3) is 0 Å². The largest absolute Gasteiger partial charge is 0.465 e. The smallest absolute Gasteiger partial charge is 0.411 e. The third-order valence-corrected chi connectivity index (χ3v) is 5.43. The van der Waals surface area contributed by atoms with Crippen molar-refractivity contribution in [1.29, 1.82) is 0 Å². The van der Waals surface area contributed by atoms with Crippen molar-refractivity contribution in [3.8, 4) is 11.5 Å². The number of pyridine rings is 1. The molecule has 0 bridgehead atoms. The van der Waals surface area contributed by atoms with Gasteiger partial charge in [-0.1, -0.05) is 19.3 Å². The summed E-state index contributed by atoms with van der Waals surface area (Å²) in [6.45, 7) is 0.790. The molecule has 1 fully saturated rings. The van der Waals surface area contributed by atoms with Gasteiger partial charge in [0, 0.05) is 19.8 Å². The van der Waals surface area contributed by atoms with Gasteiger partial charge in [-0.3, -0.25) is 4.90 Å². The van der Waals surface area contributed by atoms with Crippen molar-refractivity contribution in [2.24, 2.45) is 5.92 Å². The van der Waals surface area contributed by atoms with Gasteiger partial charge in [-0.15, -0.1) is 0 Å². The highest BCUT2D eigenvalue weighted by atomic mass is 16.4. The molecule has 1 amide bonds. The number of rotatable bonds is 4. The summed E-state index contributed by atoms with van der Waals surface area (Å²) < 4.78 is 1.91. The number of nitrogens with zero attached hydrogens (tertiary/aromatic N) is 6. The Morgan fingerprint density at radius 2 is 1.93 bits per heavy atom. The Bertz CT molecular complexity index is 1030. The maximum absolute atomic E-state index is 11.3. The van der Waals surface area contributed by atoms with Gasteiger partial charge in [0.2, 0.25) is 0 Å². The predicted molar refractivity (Wildman–Crippen MR) is 110 cm³/mol. The maximum Gasteiger partial charge on any atom is 0.411 e. The van der Waals surface area contributed by atoms with Crippen molar-refractivity contribution in [2.45, 2.75) is 38.6 Å². The molecular formula is C19H24N8O2. The molecule has 29 heavy (non-hydrogen) atoms. The molecule has 0 aliphatic heterocycles. The van der Waals surface area contributed by atoms with Gasteiger partial charge in [0.15, 0.2) is 23.1 Å². The normalized spacial score (nSPS) is 14.9. The van der Waals surface area contributed by atoms with Crippen molar-refractivity contribution in [1.82, 2.24) is 24.7 Å². The number of carboxylic acid groups (broad SMARTS) is 1. The van der Waals surface area contributed by atoms with E-state index in [9.17, 15) is 9.90 Å². The van der Waals surface area contributed by atoms with Crippen LogP contribution in [0.15, 0.2) is 18.3 Å². The average molecular weight is 396 g/mol. The second-order valence-electron chi connectivity index (χ2n) is 7.42. The minimum atomic E-state index is -1.20. The van der Waals surface area contributed by atoms with Crippen LogP contribution < -0.4 is 16.4 Å². The second kappa shape index (κ2) is 7.53. The summed E-state index contributed by atoms with van der Waals surface area (Å²) in [5.74, 6) is 0.792. The van der Waals surface area contributed by atoms with Crippen LogP contribution in [0.3, 0.4) is 0 Å². The molecule has 1 saturated carbocycles. The number of aromatic nitrogens is 5. The molecule has 0 aromatic carbocycles. The third-order valence-electron chi connectivity index (χ3n) is 5.43. The van der Waals surface area contributed by atoms with Crippen molar-refractivity contribution in [3.63, 3.8) is 0 Å². The molecule has 0 saturated heterocycles. The lowest BCUT2D eigenvalue weighted by Crippen LogP contribution is -2.26. The SMILES string of the molecule is CN(C(=O)O)c1c(N)nc(-c2nn(CC3CCCCC3)c3ncccc23)nc1N. The van der Waals surface area contributed by atoms with E-state index >= 15 is 0 Å². The van der Waals surface area contributed by atoms with Crippen LogP contribution in [0.25, 0.3) is 22.6 Å². The summed E-state index contributed by atoms with van der Waals surface area (Å²) in [6.07, 6.45) is 6.71. The van der Waals surface area contributed by atoms with Crippen molar-refractivity contribution in [3.05, 3.63) is 18.3 Å². The summed E-state index contributed by atoms with van der Waals surface area (Å²) in [5, 5.41) is 14.7. The van der Waals surface area contributed by atoms with Crippen LogP contribution in [-0.2, 0) is 6.54 Å². The monoisotopic (exact) mass is 396 g/mol. The summed E-state index contributed by atoms with van der Waals surface area (Å²) in [7, 11) is 1.34. The Morgan fingerprint density at radius 3 is 2.59 bits per heavy atom. The van der Waals surface area contributed by atoms with Crippen LogP contribution in [0.2, 0.25) is 0 Å². The highest BCUT2D eigenvalue weighted by Crippen LogP contribution is 2.32. The molecule has 10 nitrogen and oxygen atoms in total. The topological polar surface area (TPSA) is 149 Å². The van der Waals surface area contributed by atoms with Gasteiger partial charge in [-0.05, 0) is 30.9 Å². The molecule has 3 aromatic rings. The molecule has 3 heterocycles. The molecule has 0 atom stereocenters. The van der Waals surface area contributed by atoms with E-state index in [4.69, 9.17) is 16.6 Å². The fourth-order valence-corrected chi connectivity index (χ4v) is 3.95. The highest BCUT2D eigenvalue weighted by molar-refractivity contribution is 5.95. The molecule has 5 N–H and O–H groups in total. The number of hydrogen-bond donors (Lipinski definition) is 3. The molecule has 1 aliphatic rings. The number of anilines is 3. The number of amides is 1. The van der Waals surface area contributed by atoms with Crippen LogP contribution in [0.5, 0.6) is 0 Å². The number of carbonyl (C=O) groups is 1. The number of nitrogen functional groups attached to an aromatic ring is 2. The van der Waals surface area contributed by atoms with Crippen LogP contribution in [0, 0.1) is 5.92 Å². The van der Waals surface area contributed by atoms with Crippen LogP contribution in [-0.4, -0.2) is 43.0 Å². The predicted octanol–water partition coefficient (Wildman–Crippen LogP) is 2.75. The van der Waals surface area contributed by atoms with Crippen molar-refractivity contribution >= 4 is 34.4 Å². The number of nitrogens with two attached hydrogens (primary N) is 2. The summed E-state index contributed by atoms with van der Waals surface area (Å²) >= 11 is 0. The third kappa shape index (κ3) is 3.53. The van der Waals surface area contributed by atoms with E-state index in [1.165, 1.54) is 39.2 Å². The Labute approximate surface area is 167 Å². The minimum Gasteiger partial charge on any atom is -0.465 e. The average Bonchev–Trinajstić information content (AvgIpc) is 3.06. The quantitative estimate of drug-likeness (QED) is 0.609. The maximum atomic E-state index is 11.3. The van der Waals surface area contributed by atoms with Crippen LogP contribution >= 0.6 is 0 Å². The fourth-order valence-electron chi connectivity index (χ4n) is 3.95.